The summed E-state index contributed by atoms with van der Waals surface area (Å²) < 4.78 is 0. The first-order valence-electron chi connectivity index (χ1n) is 5.85. The summed E-state index contributed by atoms with van der Waals surface area (Å²) in [5, 5.41) is 2.95. The Balaban J connectivity index is 2.47. The molecule has 1 heterocycles. The van der Waals surface area contributed by atoms with E-state index in [1.807, 2.05) is 51.1 Å². The Kier molecular flexibility index (Phi) is 3.14. The molecular weight excluding hydrogens is 210 g/mol. The van der Waals surface area contributed by atoms with Gasteiger partial charge in [0.1, 0.15) is 0 Å². The second-order valence-electron chi connectivity index (χ2n) is 4.58. The van der Waals surface area contributed by atoms with Crippen LogP contribution < -0.4 is 5.32 Å². The third-order valence-corrected chi connectivity index (χ3v) is 2.95. The largest absolute Gasteiger partial charge is 0.345 e. The fourth-order valence-electron chi connectivity index (χ4n) is 2.14. The predicted molar refractivity (Wildman–Crippen MR) is 70.4 cm³/mol. The quantitative estimate of drug-likeness (QED) is 0.734. The number of hydrogen-bond donors (Lipinski definition) is 1. The second kappa shape index (κ2) is 4.58. The molecule has 1 fully saturated rings. The molecule has 1 aromatic carbocycles. The van der Waals surface area contributed by atoms with Gasteiger partial charge in [0.15, 0.2) is 0 Å². The lowest BCUT2D eigenvalue weighted by atomic mass is 9.98. The molecule has 1 aliphatic rings. The first-order valence-corrected chi connectivity index (χ1v) is 5.85. The second-order valence-corrected chi connectivity index (χ2v) is 4.58. The number of hydrogen-bond acceptors (Lipinski definition) is 1. The molecule has 1 aromatic rings. The van der Waals surface area contributed by atoms with Crippen LogP contribution in [0.3, 0.4) is 0 Å². The minimum Gasteiger partial charge on any atom is -0.345 e. The highest BCUT2D eigenvalue weighted by Gasteiger charge is 2.29. The number of amides is 1. The minimum absolute atomic E-state index is 0.0414. The van der Waals surface area contributed by atoms with Crippen molar-refractivity contribution in [1.82, 2.24) is 5.32 Å². The molecule has 1 saturated heterocycles. The molecule has 2 nitrogen and oxygen atoms in total. The maximum absolute atomic E-state index is 11.8. The summed E-state index contributed by atoms with van der Waals surface area (Å²) in [6, 6.07) is 10.2. The summed E-state index contributed by atoms with van der Waals surface area (Å²) in [5.74, 6) is 0.0414. The molecule has 2 heteroatoms. The monoisotopic (exact) mass is 227 g/mol. The van der Waals surface area contributed by atoms with Gasteiger partial charge in [0.2, 0.25) is 0 Å². The lowest BCUT2D eigenvalue weighted by Crippen LogP contribution is -2.22. The van der Waals surface area contributed by atoms with Crippen LogP contribution in [-0.2, 0) is 4.79 Å². The van der Waals surface area contributed by atoms with Gasteiger partial charge in [-0.15, -0.1) is 0 Å². The molecule has 1 atom stereocenters. The van der Waals surface area contributed by atoms with Crippen LogP contribution in [0.25, 0.3) is 6.08 Å². The van der Waals surface area contributed by atoms with Crippen molar-refractivity contribution in [2.75, 3.05) is 0 Å². The van der Waals surface area contributed by atoms with Crippen molar-refractivity contribution in [2.45, 2.75) is 26.8 Å². The molecular formula is C15H17NO. The first-order chi connectivity index (χ1) is 8.09. The van der Waals surface area contributed by atoms with E-state index in [9.17, 15) is 4.79 Å². The van der Waals surface area contributed by atoms with Crippen molar-refractivity contribution >= 4 is 12.0 Å². The SMILES string of the molecule is CC(C)=C1C(=O)N[C@@H](C)/C1=C/c1ccccc1. The lowest BCUT2D eigenvalue weighted by molar-refractivity contribution is -0.116. The minimum atomic E-state index is 0.0414. The van der Waals surface area contributed by atoms with Crippen molar-refractivity contribution in [2.24, 2.45) is 0 Å². The van der Waals surface area contributed by atoms with Crippen LogP contribution >= 0.6 is 0 Å². The van der Waals surface area contributed by atoms with E-state index in [0.717, 1.165) is 22.3 Å². The predicted octanol–water partition coefficient (Wildman–Crippen LogP) is 2.92. The van der Waals surface area contributed by atoms with Gasteiger partial charge in [-0.25, -0.2) is 0 Å². The molecule has 0 spiro atoms. The molecule has 0 unspecified atom stereocenters. The Morgan fingerprint density at radius 2 is 1.88 bits per heavy atom. The summed E-state index contributed by atoms with van der Waals surface area (Å²) in [5.41, 5.74) is 4.11. The highest BCUT2D eigenvalue weighted by atomic mass is 16.2. The van der Waals surface area contributed by atoms with Crippen molar-refractivity contribution in [3.8, 4) is 0 Å². The molecule has 0 aromatic heterocycles. The normalized spacial score (nSPS) is 21.8. The Bertz CT molecular complexity index is 493. The van der Waals surface area contributed by atoms with Crippen LogP contribution in [0.1, 0.15) is 26.3 Å². The molecule has 1 N–H and O–H groups in total. The first kappa shape index (κ1) is 11.6. The number of nitrogens with one attached hydrogen (secondary N) is 1. The molecule has 0 bridgehead atoms. The van der Waals surface area contributed by atoms with Gasteiger partial charge in [-0.2, -0.15) is 0 Å². The van der Waals surface area contributed by atoms with Gasteiger partial charge in [-0.05, 0) is 38.0 Å². The smallest absolute Gasteiger partial charge is 0.252 e. The summed E-state index contributed by atoms with van der Waals surface area (Å²) in [7, 11) is 0. The Morgan fingerprint density at radius 1 is 1.24 bits per heavy atom. The number of benzene rings is 1. The number of carbonyl (C=O) groups is 1. The van der Waals surface area contributed by atoms with Crippen molar-refractivity contribution in [1.29, 1.82) is 0 Å². The molecule has 0 radical (unpaired) electrons. The standard InChI is InChI=1S/C15H17NO/c1-10(2)14-13(11(3)16-15(14)17)9-12-7-5-4-6-8-12/h4-9,11H,1-3H3,(H,16,17)/b13-9-/t11-/m0/s1. The van der Waals surface area contributed by atoms with Gasteiger partial charge in [-0.1, -0.05) is 35.9 Å². The molecule has 88 valence electrons. The number of allylic oxidation sites excluding steroid dienone is 1. The van der Waals surface area contributed by atoms with Crippen LogP contribution in [0, 0.1) is 0 Å². The molecule has 1 aliphatic heterocycles. The van der Waals surface area contributed by atoms with E-state index in [-0.39, 0.29) is 11.9 Å². The van der Waals surface area contributed by atoms with Gasteiger partial charge in [0.25, 0.3) is 5.91 Å². The molecule has 17 heavy (non-hydrogen) atoms. The van der Waals surface area contributed by atoms with E-state index in [1.54, 1.807) is 0 Å². The number of rotatable bonds is 1. The molecule has 1 amide bonds. The summed E-state index contributed by atoms with van der Waals surface area (Å²) in [4.78, 5) is 11.8. The lowest BCUT2D eigenvalue weighted by Gasteiger charge is -2.06. The topological polar surface area (TPSA) is 29.1 Å². The van der Waals surface area contributed by atoms with E-state index < -0.39 is 0 Å². The van der Waals surface area contributed by atoms with E-state index in [1.165, 1.54) is 0 Å². The zero-order chi connectivity index (χ0) is 12.4. The molecule has 0 aliphatic carbocycles. The van der Waals surface area contributed by atoms with Crippen LogP contribution in [0.2, 0.25) is 0 Å². The summed E-state index contributed by atoms with van der Waals surface area (Å²) in [6.07, 6.45) is 2.09. The third kappa shape index (κ3) is 2.31. The van der Waals surface area contributed by atoms with Gasteiger partial charge < -0.3 is 5.32 Å². The highest BCUT2D eigenvalue weighted by Crippen LogP contribution is 2.26. The fourth-order valence-corrected chi connectivity index (χ4v) is 2.14. The van der Waals surface area contributed by atoms with Gasteiger partial charge >= 0.3 is 0 Å². The average molecular weight is 227 g/mol. The Labute approximate surface area is 102 Å². The van der Waals surface area contributed by atoms with Crippen LogP contribution in [0.4, 0.5) is 0 Å². The zero-order valence-corrected chi connectivity index (χ0v) is 10.4. The molecule has 2 rings (SSSR count). The maximum Gasteiger partial charge on any atom is 0.252 e. The van der Waals surface area contributed by atoms with E-state index in [4.69, 9.17) is 0 Å². The van der Waals surface area contributed by atoms with Gasteiger partial charge in [-0.3, -0.25) is 4.79 Å². The average Bonchev–Trinajstić information content (AvgIpc) is 2.55. The van der Waals surface area contributed by atoms with E-state index in [0.29, 0.717) is 0 Å². The highest BCUT2D eigenvalue weighted by molar-refractivity contribution is 6.04. The van der Waals surface area contributed by atoms with Crippen molar-refractivity contribution in [3.05, 3.63) is 52.6 Å². The number of carbonyl (C=O) groups excluding carboxylic acids is 1. The van der Waals surface area contributed by atoms with Gasteiger partial charge in [0.05, 0.1) is 6.04 Å². The maximum atomic E-state index is 11.8. The Morgan fingerprint density at radius 3 is 2.47 bits per heavy atom. The van der Waals surface area contributed by atoms with Crippen molar-refractivity contribution < 1.29 is 4.79 Å². The van der Waals surface area contributed by atoms with Crippen LogP contribution in [-0.4, -0.2) is 11.9 Å². The Hall–Kier alpha value is -1.83. The summed E-state index contributed by atoms with van der Waals surface area (Å²) >= 11 is 0. The third-order valence-electron chi connectivity index (χ3n) is 2.95. The van der Waals surface area contributed by atoms with E-state index in [2.05, 4.69) is 11.4 Å². The van der Waals surface area contributed by atoms with Gasteiger partial charge in [0, 0.05) is 5.57 Å². The van der Waals surface area contributed by atoms with Crippen LogP contribution in [0.15, 0.2) is 47.1 Å². The van der Waals surface area contributed by atoms with Crippen molar-refractivity contribution in [3.63, 3.8) is 0 Å². The van der Waals surface area contributed by atoms with Crippen LogP contribution in [0.5, 0.6) is 0 Å². The summed E-state index contributed by atoms with van der Waals surface area (Å²) in [6.45, 7) is 5.97. The fraction of sp³-hybridized carbons (Fsp3) is 0.267. The molecule has 0 saturated carbocycles. The van der Waals surface area contributed by atoms with E-state index >= 15 is 0 Å². The zero-order valence-electron chi connectivity index (χ0n) is 10.4.